The Morgan fingerprint density at radius 2 is 1.86 bits per heavy atom. The molecule has 2 aromatic carbocycles. The van der Waals surface area contributed by atoms with E-state index in [0.29, 0.717) is 11.3 Å². The Morgan fingerprint density at radius 3 is 2.50 bits per heavy atom. The first kappa shape index (κ1) is 19.3. The fourth-order valence-electron chi connectivity index (χ4n) is 2.45. The highest BCUT2D eigenvalue weighted by atomic mass is 19.4. The van der Waals surface area contributed by atoms with Crippen molar-refractivity contribution in [2.24, 2.45) is 0 Å². The average molecular weight is 388 g/mol. The number of carbonyl (C=O) groups excluding carboxylic acids is 1. The zero-order valence-corrected chi connectivity index (χ0v) is 14.7. The van der Waals surface area contributed by atoms with Crippen LogP contribution in [0.4, 0.5) is 18.9 Å². The van der Waals surface area contributed by atoms with Crippen LogP contribution in [0.3, 0.4) is 0 Å². The maximum absolute atomic E-state index is 12.7. The van der Waals surface area contributed by atoms with Gasteiger partial charge in [0.05, 0.1) is 17.5 Å². The predicted octanol–water partition coefficient (Wildman–Crippen LogP) is 3.27. The quantitative estimate of drug-likeness (QED) is 0.744. The van der Waals surface area contributed by atoms with Crippen LogP contribution in [-0.4, -0.2) is 20.7 Å². The van der Waals surface area contributed by atoms with Crippen molar-refractivity contribution < 1.29 is 18.0 Å². The van der Waals surface area contributed by atoms with Gasteiger partial charge in [0.15, 0.2) is 0 Å². The topological polar surface area (TPSA) is 76.9 Å². The SMILES string of the molecule is Cc1ccc(-c2cnn(CC(=O)Nc3cccc(C(F)(F)F)c3)c(=O)n2)cc1. The van der Waals surface area contributed by atoms with Crippen molar-refractivity contribution in [1.29, 1.82) is 0 Å². The Morgan fingerprint density at radius 1 is 1.14 bits per heavy atom. The van der Waals surface area contributed by atoms with Crippen LogP contribution in [0.15, 0.2) is 59.5 Å². The van der Waals surface area contributed by atoms with E-state index >= 15 is 0 Å². The molecule has 3 rings (SSSR count). The lowest BCUT2D eigenvalue weighted by atomic mass is 10.1. The minimum absolute atomic E-state index is 0.0305. The van der Waals surface area contributed by atoms with E-state index in [1.165, 1.54) is 18.3 Å². The summed E-state index contributed by atoms with van der Waals surface area (Å²) in [6.45, 7) is 1.45. The molecular weight excluding hydrogens is 373 g/mol. The second-order valence-corrected chi connectivity index (χ2v) is 6.07. The Balaban J connectivity index is 1.72. The van der Waals surface area contributed by atoms with Gasteiger partial charge in [-0.15, -0.1) is 0 Å². The Bertz CT molecular complexity index is 1060. The van der Waals surface area contributed by atoms with E-state index in [4.69, 9.17) is 0 Å². The second-order valence-electron chi connectivity index (χ2n) is 6.07. The number of nitrogens with one attached hydrogen (secondary N) is 1. The van der Waals surface area contributed by atoms with Gasteiger partial charge in [-0.1, -0.05) is 35.9 Å². The van der Waals surface area contributed by atoms with Crippen LogP contribution in [-0.2, 0) is 17.5 Å². The number of hydrogen-bond donors (Lipinski definition) is 1. The summed E-state index contributed by atoms with van der Waals surface area (Å²) in [4.78, 5) is 28.1. The Labute approximate surface area is 157 Å². The minimum atomic E-state index is -4.52. The molecule has 0 aliphatic heterocycles. The number of rotatable bonds is 4. The lowest BCUT2D eigenvalue weighted by Gasteiger charge is -2.10. The first-order valence-corrected chi connectivity index (χ1v) is 8.21. The highest BCUT2D eigenvalue weighted by Gasteiger charge is 2.30. The number of carbonyl (C=O) groups is 1. The third kappa shape index (κ3) is 4.61. The molecule has 0 aliphatic carbocycles. The zero-order chi connectivity index (χ0) is 20.3. The van der Waals surface area contributed by atoms with Crippen molar-refractivity contribution in [3.8, 4) is 11.3 Å². The van der Waals surface area contributed by atoms with Crippen LogP contribution < -0.4 is 11.0 Å². The van der Waals surface area contributed by atoms with Gasteiger partial charge in [0.25, 0.3) is 0 Å². The lowest BCUT2D eigenvalue weighted by molar-refractivity contribution is -0.137. The minimum Gasteiger partial charge on any atom is -0.324 e. The Hall–Kier alpha value is -3.49. The van der Waals surface area contributed by atoms with Gasteiger partial charge in [0.1, 0.15) is 6.54 Å². The van der Waals surface area contributed by atoms with E-state index in [9.17, 15) is 22.8 Å². The molecule has 28 heavy (non-hydrogen) atoms. The third-order valence-electron chi connectivity index (χ3n) is 3.87. The van der Waals surface area contributed by atoms with Gasteiger partial charge < -0.3 is 5.32 Å². The maximum Gasteiger partial charge on any atom is 0.416 e. The highest BCUT2D eigenvalue weighted by Crippen LogP contribution is 2.30. The molecule has 0 saturated heterocycles. The molecule has 6 nitrogen and oxygen atoms in total. The standard InChI is InChI=1S/C19H15F3N4O2/c1-12-5-7-13(8-6-12)16-10-23-26(18(28)25-16)11-17(27)24-15-4-2-3-14(9-15)19(20,21)22/h2-10H,11H2,1H3,(H,24,27). The first-order chi connectivity index (χ1) is 13.2. The highest BCUT2D eigenvalue weighted by molar-refractivity contribution is 5.90. The Kier molecular flexibility index (Phi) is 5.25. The number of anilines is 1. The third-order valence-corrected chi connectivity index (χ3v) is 3.87. The van der Waals surface area contributed by atoms with Crippen molar-refractivity contribution in [3.63, 3.8) is 0 Å². The van der Waals surface area contributed by atoms with E-state index < -0.39 is 29.9 Å². The van der Waals surface area contributed by atoms with Gasteiger partial charge in [-0.05, 0) is 25.1 Å². The van der Waals surface area contributed by atoms with Crippen LogP contribution >= 0.6 is 0 Å². The molecule has 0 aliphatic rings. The second kappa shape index (κ2) is 7.63. The molecule has 0 saturated carbocycles. The van der Waals surface area contributed by atoms with Crippen molar-refractivity contribution in [3.05, 3.63) is 76.3 Å². The zero-order valence-electron chi connectivity index (χ0n) is 14.7. The fraction of sp³-hybridized carbons (Fsp3) is 0.158. The summed E-state index contributed by atoms with van der Waals surface area (Å²) in [5.74, 6) is -0.696. The number of amides is 1. The van der Waals surface area contributed by atoms with Crippen LogP contribution in [0.1, 0.15) is 11.1 Å². The molecule has 0 atom stereocenters. The first-order valence-electron chi connectivity index (χ1n) is 8.21. The van der Waals surface area contributed by atoms with Crippen molar-refractivity contribution in [2.45, 2.75) is 19.6 Å². The average Bonchev–Trinajstić information content (AvgIpc) is 2.63. The van der Waals surface area contributed by atoms with Gasteiger partial charge in [-0.3, -0.25) is 4.79 Å². The van der Waals surface area contributed by atoms with Crippen LogP contribution in [0, 0.1) is 6.92 Å². The van der Waals surface area contributed by atoms with Crippen molar-refractivity contribution >= 4 is 11.6 Å². The molecule has 0 unspecified atom stereocenters. The molecule has 0 bridgehead atoms. The van der Waals surface area contributed by atoms with Gasteiger partial charge in [0.2, 0.25) is 5.91 Å². The number of aryl methyl sites for hydroxylation is 1. The number of halogens is 3. The number of benzene rings is 2. The molecule has 0 radical (unpaired) electrons. The summed E-state index contributed by atoms with van der Waals surface area (Å²) in [5, 5.41) is 6.23. The van der Waals surface area contributed by atoms with E-state index in [2.05, 4.69) is 15.4 Å². The molecule has 1 N–H and O–H groups in total. The van der Waals surface area contributed by atoms with E-state index in [1.54, 1.807) is 12.1 Å². The molecule has 1 heterocycles. The monoisotopic (exact) mass is 388 g/mol. The molecular formula is C19H15F3N4O2. The molecule has 9 heteroatoms. The smallest absolute Gasteiger partial charge is 0.324 e. The number of alkyl halides is 3. The normalized spacial score (nSPS) is 11.3. The van der Waals surface area contributed by atoms with E-state index in [-0.39, 0.29) is 5.69 Å². The fourth-order valence-corrected chi connectivity index (χ4v) is 2.45. The summed E-state index contributed by atoms with van der Waals surface area (Å²) in [6, 6.07) is 11.5. The van der Waals surface area contributed by atoms with Gasteiger partial charge in [0, 0.05) is 11.3 Å². The molecule has 3 aromatic rings. The van der Waals surface area contributed by atoms with Crippen molar-refractivity contribution in [1.82, 2.24) is 14.8 Å². The van der Waals surface area contributed by atoms with Crippen LogP contribution in [0.25, 0.3) is 11.3 Å². The number of aromatic nitrogens is 3. The number of nitrogens with zero attached hydrogens (tertiary/aromatic N) is 3. The van der Waals surface area contributed by atoms with Gasteiger partial charge in [-0.2, -0.15) is 23.3 Å². The van der Waals surface area contributed by atoms with Crippen LogP contribution in [0.2, 0.25) is 0 Å². The lowest BCUT2D eigenvalue weighted by Crippen LogP contribution is -2.31. The summed E-state index contributed by atoms with van der Waals surface area (Å²) >= 11 is 0. The van der Waals surface area contributed by atoms with Gasteiger partial charge >= 0.3 is 11.9 Å². The van der Waals surface area contributed by atoms with Crippen molar-refractivity contribution in [2.75, 3.05) is 5.32 Å². The molecule has 0 fully saturated rings. The molecule has 1 amide bonds. The van der Waals surface area contributed by atoms with E-state index in [1.807, 2.05) is 19.1 Å². The summed E-state index contributed by atoms with van der Waals surface area (Å²) in [5.41, 5.74) is 0.464. The molecule has 0 spiro atoms. The molecule has 144 valence electrons. The maximum atomic E-state index is 12.7. The summed E-state index contributed by atoms with van der Waals surface area (Å²) in [6.07, 6.45) is -3.17. The van der Waals surface area contributed by atoms with E-state index in [0.717, 1.165) is 22.4 Å². The summed E-state index contributed by atoms with van der Waals surface area (Å²) in [7, 11) is 0. The predicted molar refractivity (Wildman–Crippen MR) is 96.5 cm³/mol. The van der Waals surface area contributed by atoms with Gasteiger partial charge in [-0.25, -0.2) is 9.48 Å². The summed E-state index contributed by atoms with van der Waals surface area (Å²) < 4.78 is 39.0. The number of hydrogen-bond acceptors (Lipinski definition) is 4. The molecule has 1 aromatic heterocycles. The van der Waals surface area contributed by atoms with Crippen LogP contribution in [0.5, 0.6) is 0 Å². The largest absolute Gasteiger partial charge is 0.416 e.